The Morgan fingerprint density at radius 3 is 2.86 bits per heavy atom. The van der Waals surface area contributed by atoms with Gasteiger partial charge in [0, 0.05) is 6.04 Å². The molecular formula is C18H28BrNO. The molecule has 0 saturated heterocycles. The molecule has 3 unspecified atom stereocenters. The summed E-state index contributed by atoms with van der Waals surface area (Å²) in [4.78, 5) is 0. The first kappa shape index (κ1) is 16.8. The van der Waals surface area contributed by atoms with E-state index in [0.29, 0.717) is 6.04 Å². The molecule has 0 amide bonds. The lowest BCUT2D eigenvalue weighted by Crippen LogP contribution is -2.23. The van der Waals surface area contributed by atoms with E-state index < -0.39 is 0 Å². The van der Waals surface area contributed by atoms with Crippen LogP contribution in [0.15, 0.2) is 22.7 Å². The summed E-state index contributed by atoms with van der Waals surface area (Å²) in [6.07, 6.45) is 7.01. The standard InChI is InChI=1S/C18H28BrNO/c1-13-5-4-6-15(11-13)9-10-20-14(2)16-7-8-18(21-3)17(19)12-16/h7-8,12-15,20H,4-6,9-11H2,1-3H3. The lowest BCUT2D eigenvalue weighted by atomic mass is 9.81. The van der Waals surface area contributed by atoms with Crippen LogP contribution < -0.4 is 10.1 Å². The van der Waals surface area contributed by atoms with Crippen molar-refractivity contribution in [3.63, 3.8) is 0 Å². The van der Waals surface area contributed by atoms with Crippen LogP contribution in [0.5, 0.6) is 5.75 Å². The second-order valence-electron chi connectivity index (χ2n) is 6.50. The van der Waals surface area contributed by atoms with Crippen LogP contribution in [0.3, 0.4) is 0 Å². The number of ether oxygens (including phenoxy) is 1. The first-order valence-corrected chi connectivity index (χ1v) is 8.96. The maximum atomic E-state index is 5.28. The van der Waals surface area contributed by atoms with Crippen molar-refractivity contribution in [3.05, 3.63) is 28.2 Å². The third kappa shape index (κ3) is 5.00. The van der Waals surface area contributed by atoms with Crippen LogP contribution in [0.4, 0.5) is 0 Å². The van der Waals surface area contributed by atoms with Gasteiger partial charge in [-0.3, -0.25) is 0 Å². The fraction of sp³-hybridized carbons (Fsp3) is 0.667. The smallest absolute Gasteiger partial charge is 0.133 e. The molecule has 0 bridgehead atoms. The zero-order valence-corrected chi connectivity index (χ0v) is 15.1. The predicted octanol–water partition coefficient (Wildman–Crippen LogP) is 5.32. The SMILES string of the molecule is COc1ccc(C(C)NCCC2CCCC(C)C2)cc1Br. The van der Waals surface area contributed by atoms with E-state index in [2.05, 4.69) is 47.2 Å². The third-order valence-corrected chi connectivity index (χ3v) is 5.34. The highest BCUT2D eigenvalue weighted by atomic mass is 79.9. The summed E-state index contributed by atoms with van der Waals surface area (Å²) in [5, 5.41) is 3.66. The van der Waals surface area contributed by atoms with Crippen LogP contribution in [-0.4, -0.2) is 13.7 Å². The first-order valence-electron chi connectivity index (χ1n) is 8.17. The molecule has 1 aromatic carbocycles. The van der Waals surface area contributed by atoms with Crippen molar-refractivity contribution in [1.82, 2.24) is 5.32 Å². The monoisotopic (exact) mass is 353 g/mol. The summed E-state index contributed by atoms with van der Waals surface area (Å²) >= 11 is 3.56. The summed E-state index contributed by atoms with van der Waals surface area (Å²) in [7, 11) is 1.70. The second kappa shape index (κ2) is 8.19. The Kier molecular flexibility index (Phi) is 6.56. The van der Waals surface area contributed by atoms with Crippen LogP contribution in [0.25, 0.3) is 0 Å². The molecule has 1 aromatic rings. The van der Waals surface area contributed by atoms with Gasteiger partial charge in [-0.25, -0.2) is 0 Å². The van der Waals surface area contributed by atoms with E-state index in [9.17, 15) is 0 Å². The van der Waals surface area contributed by atoms with E-state index in [4.69, 9.17) is 4.74 Å². The molecule has 1 saturated carbocycles. The largest absolute Gasteiger partial charge is 0.496 e. The van der Waals surface area contributed by atoms with Gasteiger partial charge in [0.05, 0.1) is 11.6 Å². The van der Waals surface area contributed by atoms with Gasteiger partial charge in [-0.15, -0.1) is 0 Å². The first-order chi connectivity index (χ1) is 10.1. The molecule has 0 aliphatic heterocycles. The molecular weight excluding hydrogens is 326 g/mol. The van der Waals surface area contributed by atoms with E-state index in [1.807, 2.05) is 6.07 Å². The van der Waals surface area contributed by atoms with Gasteiger partial charge < -0.3 is 10.1 Å². The maximum Gasteiger partial charge on any atom is 0.133 e. The molecule has 118 valence electrons. The Bertz CT molecular complexity index is 449. The minimum Gasteiger partial charge on any atom is -0.496 e. The number of rotatable bonds is 6. The quantitative estimate of drug-likeness (QED) is 0.746. The molecule has 0 radical (unpaired) electrons. The molecule has 1 aliphatic carbocycles. The summed E-state index contributed by atoms with van der Waals surface area (Å²) < 4.78 is 6.31. The number of nitrogens with one attached hydrogen (secondary N) is 1. The van der Waals surface area contributed by atoms with E-state index in [-0.39, 0.29) is 0 Å². The Hall–Kier alpha value is -0.540. The summed E-state index contributed by atoms with van der Waals surface area (Å²) in [6.45, 7) is 5.75. The molecule has 2 rings (SSSR count). The van der Waals surface area contributed by atoms with Gasteiger partial charge in [0.15, 0.2) is 0 Å². The van der Waals surface area contributed by atoms with E-state index >= 15 is 0 Å². The highest BCUT2D eigenvalue weighted by Crippen LogP contribution is 2.31. The Labute approximate surface area is 137 Å². The zero-order chi connectivity index (χ0) is 15.2. The van der Waals surface area contributed by atoms with Crippen molar-refractivity contribution >= 4 is 15.9 Å². The lowest BCUT2D eigenvalue weighted by Gasteiger charge is -2.27. The van der Waals surface area contributed by atoms with E-state index in [1.54, 1.807) is 7.11 Å². The fourth-order valence-electron chi connectivity index (χ4n) is 3.40. The molecule has 2 nitrogen and oxygen atoms in total. The van der Waals surface area contributed by atoms with Gasteiger partial charge in [-0.05, 0) is 71.8 Å². The van der Waals surface area contributed by atoms with E-state index in [0.717, 1.165) is 28.6 Å². The van der Waals surface area contributed by atoms with Gasteiger partial charge in [-0.2, -0.15) is 0 Å². The normalized spacial score (nSPS) is 23.8. The molecule has 0 heterocycles. The van der Waals surface area contributed by atoms with Crippen LogP contribution >= 0.6 is 15.9 Å². The number of methoxy groups -OCH3 is 1. The average Bonchev–Trinajstić information content (AvgIpc) is 2.47. The zero-order valence-electron chi connectivity index (χ0n) is 13.5. The number of hydrogen-bond acceptors (Lipinski definition) is 2. The maximum absolute atomic E-state index is 5.28. The van der Waals surface area contributed by atoms with Crippen molar-refractivity contribution in [2.75, 3.05) is 13.7 Å². The van der Waals surface area contributed by atoms with Crippen LogP contribution in [0.1, 0.15) is 57.6 Å². The number of halogens is 1. The topological polar surface area (TPSA) is 21.3 Å². The molecule has 3 heteroatoms. The van der Waals surface area contributed by atoms with Crippen LogP contribution in [0, 0.1) is 11.8 Å². The second-order valence-corrected chi connectivity index (χ2v) is 7.35. The van der Waals surface area contributed by atoms with Crippen LogP contribution in [-0.2, 0) is 0 Å². The van der Waals surface area contributed by atoms with Gasteiger partial charge in [0.25, 0.3) is 0 Å². The highest BCUT2D eigenvalue weighted by molar-refractivity contribution is 9.10. The molecule has 1 aliphatic rings. The number of hydrogen-bond donors (Lipinski definition) is 1. The summed E-state index contributed by atoms with van der Waals surface area (Å²) in [5.41, 5.74) is 1.31. The Balaban J connectivity index is 1.78. The Morgan fingerprint density at radius 2 is 2.19 bits per heavy atom. The third-order valence-electron chi connectivity index (χ3n) is 4.72. The Morgan fingerprint density at radius 1 is 1.38 bits per heavy atom. The molecule has 1 fully saturated rings. The molecule has 21 heavy (non-hydrogen) atoms. The highest BCUT2D eigenvalue weighted by Gasteiger charge is 2.18. The van der Waals surface area contributed by atoms with Crippen molar-refractivity contribution < 1.29 is 4.74 Å². The lowest BCUT2D eigenvalue weighted by molar-refractivity contribution is 0.265. The molecule has 0 aromatic heterocycles. The van der Waals surface area contributed by atoms with E-state index in [1.165, 1.54) is 37.7 Å². The van der Waals surface area contributed by atoms with Gasteiger partial charge in [0.2, 0.25) is 0 Å². The van der Waals surface area contributed by atoms with Crippen molar-refractivity contribution in [3.8, 4) is 5.75 Å². The summed E-state index contributed by atoms with van der Waals surface area (Å²) in [5.74, 6) is 2.75. The van der Waals surface area contributed by atoms with Crippen LogP contribution in [0.2, 0.25) is 0 Å². The van der Waals surface area contributed by atoms with Gasteiger partial charge in [-0.1, -0.05) is 32.3 Å². The predicted molar refractivity (Wildman–Crippen MR) is 92.9 cm³/mol. The van der Waals surface area contributed by atoms with Gasteiger partial charge >= 0.3 is 0 Å². The molecule has 3 atom stereocenters. The number of benzene rings is 1. The van der Waals surface area contributed by atoms with Crippen molar-refractivity contribution in [2.45, 2.75) is 52.0 Å². The van der Waals surface area contributed by atoms with Gasteiger partial charge in [0.1, 0.15) is 5.75 Å². The molecule has 1 N–H and O–H groups in total. The fourth-order valence-corrected chi connectivity index (χ4v) is 3.95. The minimum atomic E-state index is 0.383. The summed E-state index contributed by atoms with van der Waals surface area (Å²) in [6, 6.07) is 6.71. The molecule has 0 spiro atoms. The van der Waals surface area contributed by atoms with Crippen molar-refractivity contribution in [2.24, 2.45) is 11.8 Å². The van der Waals surface area contributed by atoms with Crippen molar-refractivity contribution in [1.29, 1.82) is 0 Å². The average molecular weight is 354 g/mol. The minimum absolute atomic E-state index is 0.383.